The van der Waals surface area contributed by atoms with Gasteiger partial charge in [-0.25, -0.2) is 9.97 Å². The van der Waals surface area contributed by atoms with Crippen molar-refractivity contribution in [2.75, 3.05) is 25.1 Å². The number of fused-ring (bicyclic) bond motifs is 1. The van der Waals surface area contributed by atoms with E-state index < -0.39 is 0 Å². The lowest BCUT2D eigenvalue weighted by Gasteiger charge is -2.21. The Hall–Kier alpha value is -1.33. The van der Waals surface area contributed by atoms with Crippen LogP contribution in [0.1, 0.15) is 19.8 Å². The predicted molar refractivity (Wildman–Crippen MR) is 83.4 cm³/mol. The molecule has 106 valence electrons. The Morgan fingerprint density at radius 3 is 2.85 bits per heavy atom. The largest absolute Gasteiger partial charge is 0.381 e. The van der Waals surface area contributed by atoms with Gasteiger partial charge in [0.05, 0.1) is 5.52 Å². The number of hydrogen-bond acceptors (Lipinski definition) is 5. The summed E-state index contributed by atoms with van der Waals surface area (Å²) in [6, 6.07) is 8.22. The normalized spacial score (nSPS) is 16.4. The zero-order chi connectivity index (χ0) is 13.8. The van der Waals surface area contributed by atoms with E-state index in [1.165, 1.54) is 0 Å². The molecular formula is C15H19N3OS. The number of benzene rings is 1. The fourth-order valence-electron chi connectivity index (χ4n) is 2.33. The molecule has 1 N–H and O–H groups in total. The highest BCUT2D eigenvalue weighted by atomic mass is 32.2. The van der Waals surface area contributed by atoms with Crippen molar-refractivity contribution >= 4 is 28.6 Å². The van der Waals surface area contributed by atoms with Crippen molar-refractivity contribution in [3.63, 3.8) is 0 Å². The van der Waals surface area contributed by atoms with Crippen molar-refractivity contribution in [3.05, 3.63) is 24.3 Å². The number of nitrogens with zero attached hydrogens (tertiary/aromatic N) is 2. The minimum absolute atomic E-state index is 0.594. The smallest absolute Gasteiger partial charge is 0.224 e. The number of aromatic nitrogens is 2. The number of nitrogens with one attached hydrogen (secondary N) is 1. The molecule has 0 spiro atoms. The van der Waals surface area contributed by atoms with E-state index >= 15 is 0 Å². The molecule has 1 saturated heterocycles. The number of ether oxygens (including phenoxy) is 1. The number of para-hydroxylation sites is 1. The molecular weight excluding hydrogens is 270 g/mol. The Kier molecular flexibility index (Phi) is 4.38. The van der Waals surface area contributed by atoms with Gasteiger partial charge < -0.3 is 10.1 Å². The Morgan fingerprint density at radius 1 is 1.25 bits per heavy atom. The molecule has 1 aromatic heterocycles. The summed E-state index contributed by atoms with van der Waals surface area (Å²) in [4.78, 5) is 9.24. The number of hydrogen-bond donors (Lipinski definition) is 1. The van der Waals surface area contributed by atoms with Gasteiger partial charge in [-0.1, -0.05) is 18.2 Å². The van der Waals surface area contributed by atoms with E-state index in [1.807, 2.05) is 30.0 Å². The van der Waals surface area contributed by atoms with E-state index in [-0.39, 0.29) is 0 Å². The minimum Gasteiger partial charge on any atom is -0.381 e. The number of thioether (sulfide) groups is 1. The highest BCUT2D eigenvalue weighted by molar-refractivity contribution is 8.00. The molecule has 0 bridgehead atoms. The summed E-state index contributed by atoms with van der Waals surface area (Å²) in [7, 11) is 0. The maximum absolute atomic E-state index is 5.43. The van der Waals surface area contributed by atoms with Crippen molar-refractivity contribution < 1.29 is 4.74 Å². The fourth-order valence-corrected chi connectivity index (χ4v) is 3.51. The predicted octanol–water partition coefficient (Wildman–Crippen LogP) is 3.33. The van der Waals surface area contributed by atoms with E-state index in [0.29, 0.717) is 5.25 Å². The van der Waals surface area contributed by atoms with Crippen molar-refractivity contribution in [2.24, 2.45) is 0 Å². The van der Waals surface area contributed by atoms with Gasteiger partial charge in [-0.15, -0.1) is 11.8 Å². The Labute approximate surface area is 123 Å². The third-order valence-electron chi connectivity index (χ3n) is 3.35. The average Bonchev–Trinajstić information content (AvgIpc) is 2.49. The maximum Gasteiger partial charge on any atom is 0.224 e. The van der Waals surface area contributed by atoms with E-state index in [2.05, 4.69) is 28.3 Å². The molecule has 3 rings (SSSR count). The maximum atomic E-state index is 5.43. The van der Waals surface area contributed by atoms with Crippen molar-refractivity contribution in [1.82, 2.24) is 9.97 Å². The Balaban J connectivity index is 1.93. The van der Waals surface area contributed by atoms with E-state index in [0.717, 1.165) is 54.5 Å². The van der Waals surface area contributed by atoms with Crippen LogP contribution >= 0.6 is 11.8 Å². The third-order valence-corrected chi connectivity index (χ3v) is 4.69. The van der Waals surface area contributed by atoms with E-state index in [4.69, 9.17) is 4.74 Å². The minimum atomic E-state index is 0.594. The zero-order valence-corrected chi connectivity index (χ0v) is 12.4. The lowest BCUT2D eigenvalue weighted by Crippen LogP contribution is -2.17. The molecule has 1 fully saturated rings. The SMILES string of the molecule is CCNc1nc(SC2CCOCC2)c2ccccc2n1. The van der Waals surface area contributed by atoms with Crippen LogP contribution in [0.5, 0.6) is 0 Å². The summed E-state index contributed by atoms with van der Waals surface area (Å²) in [5, 5.41) is 6.04. The van der Waals surface area contributed by atoms with Crippen LogP contribution < -0.4 is 5.32 Å². The highest BCUT2D eigenvalue weighted by Gasteiger charge is 2.18. The van der Waals surface area contributed by atoms with Gasteiger partial charge in [-0.3, -0.25) is 0 Å². The molecule has 0 saturated carbocycles. The van der Waals surface area contributed by atoms with Gasteiger partial charge in [0.1, 0.15) is 5.03 Å². The monoisotopic (exact) mass is 289 g/mol. The van der Waals surface area contributed by atoms with Crippen LogP contribution in [0, 0.1) is 0 Å². The van der Waals surface area contributed by atoms with Crippen molar-refractivity contribution in [1.29, 1.82) is 0 Å². The van der Waals surface area contributed by atoms with Crippen molar-refractivity contribution in [2.45, 2.75) is 30.0 Å². The zero-order valence-electron chi connectivity index (χ0n) is 11.6. The molecule has 0 unspecified atom stereocenters. The second-order valence-corrected chi connectivity index (χ2v) is 6.12. The molecule has 5 heteroatoms. The molecule has 2 aromatic rings. The topological polar surface area (TPSA) is 47.0 Å². The van der Waals surface area contributed by atoms with E-state index in [9.17, 15) is 0 Å². The van der Waals surface area contributed by atoms with Gasteiger partial charge in [0.15, 0.2) is 0 Å². The Morgan fingerprint density at radius 2 is 2.05 bits per heavy atom. The van der Waals surface area contributed by atoms with Gasteiger partial charge in [0.2, 0.25) is 5.95 Å². The molecule has 2 heterocycles. The summed E-state index contributed by atoms with van der Waals surface area (Å²) in [6.07, 6.45) is 2.19. The molecule has 1 aliphatic heterocycles. The second kappa shape index (κ2) is 6.41. The van der Waals surface area contributed by atoms with Crippen LogP contribution in [-0.2, 0) is 4.74 Å². The molecule has 0 atom stereocenters. The van der Waals surface area contributed by atoms with Gasteiger partial charge in [0, 0.05) is 30.4 Å². The summed E-state index contributed by atoms with van der Waals surface area (Å²) in [5.41, 5.74) is 1.01. The highest BCUT2D eigenvalue weighted by Crippen LogP contribution is 2.33. The number of rotatable bonds is 4. The van der Waals surface area contributed by atoms with Gasteiger partial charge in [0.25, 0.3) is 0 Å². The van der Waals surface area contributed by atoms with Crippen LogP contribution in [-0.4, -0.2) is 35.0 Å². The first-order valence-electron chi connectivity index (χ1n) is 7.12. The van der Waals surface area contributed by atoms with Gasteiger partial charge in [-0.05, 0) is 25.8 Å². The third kappa shape index (κ3) is 3.04. The van der Waals surface area contributed by atoms with Crippen LogP contribution in [0.15, 0.2) is 29.3 Å². The molecule has 20 heavy (non-hydrogen) atoms. The standard InChI is InChI=1S/C15H19N3OS/c1-2-16-15-17-13-6-4-3-5-12(13)14(18-15)20-11-7-9-19-10-8-11/h3-6,11H,2,7-10H2,1H3,(H,16,17,18). The second-order valence-electron chi connectivity index (χ2n) is 4.83. The van der Waals surface area contributed by atoms with Crippen LogP contribution in [0.4, 0.5) is 5.95 Å². The summed E-state index contributed by atoms with van der Waals surface area (Å²) >= 11 is 1.86. The quantitative estimate of drug-likeness (QED) is 0.875. The summed E-state index contributed by atoms with van der Waals surface area (Å²) in [6.45, 7) is 4.62. The van der Waals surface area contributed by atoms with Gasteiger partial charge >= 0.3 is 0 Å². The van der Waals surface area contributed by atoms with E-state index in [1.54, 1.807) is 0 Å². The number of anilines is 1. The molecule has 4 nitrogen and oxygen atoms in total. The van der Waals surface area contributed by atoms with Crippen LogP contribution in [0.25, 0.3) is 10.9 Å². The molecule has 0 radical (unpaired) electrons. The first kappa shape index (κ1) is 13.6. The first-order chi connectivity index (χ1) is 9.86. The van der Waals surface area contributed by atoms with Gasteiger partial charge in [-0.2, -0.15) is 0 Å². The molecule has 0 amide bonds. The van der Waals surface area contributed by atoms with Crippen LogP contribution in [0.3, 0.4) is 0 Å². The van der Waals surface area contributed by atoms with Crippen molar-refractivity contribution in [3.8, 4) is 0 Å². The fraction of sp³-hybridized carbons (Fsp3) is 0.467. The lowest BCUT2D eigenvalue weighted by molar-refractivity contribution is 0.1000. The molecule has 0 aliphatic carbocycles. The summed E-state index contributed by atoms with van der Waals surface area (Å²) < 4.78 is 5.43. The molecule has 1 aliphatic rings. The average molecular weight is 289 g/mol. The Bertz CT molecular complexity index is 584. The first-order valence-corrected chi connectivity index (χ1v) is 8.00. The van der Waals surface area contributed by atoms with Crippen LogP contribution in [0.2, 0.25) is 0 Å². The molecule has 1 aromatic carbocycles. The lowest BCUT2D eigenvalue weighted by atomic mass is 10.2. The summed E-state index contributed by atoms with van der Waals surface area (Å²) in [5.74, 6) is 0.723.